The third kappa shape index (κ3) is 3.03. The van der Waals surface area contributed by atoms with Gasteiger partial charge in [-0.05, 0) is 57.0 Å². The Labute approximate surface area is 127 Å². The van der Waals surface area contributed by atoms with Gasteiger partial charge in [0.15, 0.2) is 0 Å². The number of nitrogens with zero attached hydrogens (tertiary/aromatic N) is 2. The first-order chi connectivity index (χ1) is 10.3. The predicted molar refractivity (Wildman–Crippen MR) is 89.9 cm³/mol. The summed E-state index contributed by atoms with van der Waals surface area (Å²) in [6.45, 7) is 6.83. The van der Waals surface area contributed by atoms with Gasteiger partial charge in [0.1, 0.15) is 0 Å². The number of pyridine rings is 1. The van der Waals surface area contributed by atoms with Gasteiger partial charge in [-0.15, -0.1) is 0 Å². The Morgan fingerprint density at radius 3 is 3.00 bits per heavy atom. The molecule has 0 amide bonds. The highest BCUT2D eigenvalue weighted by molar-refractivity contribution is 5.91. The Bertz CT molecular complexity index is 591. The average molecular weight is 283 g/mol. The topological polar surface area (TPSA) is 28.2 Å². The number of aromatic nitrogens is 1. The molecule has 112 valence electrons. The van der Waals surface area contributed by atoms with Crippen LogP contribution >= 0.6 is 0 Å². The van der Waals surface area contributed by atoms with E-state index in [-0.39, 0.29) is 0 Å². The van der Waals surface area contributed by atoms with Crippen LogP contribution < -0.4 is 10.2 Å². The van der Waals surface area contributed by atoms with E-state index in [4.69, 9.17) is 0 Å². The van der Waals surface area contributed by atoms with Crippen LogP contribution in [-0.4, -0.2) is 30.2 Å². The quantitative estimate of drug-likeness (QED) is 0.929. The number of hydrogen-bond acceptors (Lipinski definition) is 3. The number of fused-ring (bicyclic) bond motifs is 1. The molecule has 2 unspecified atom stereocenters. The minimum absolute atomic E-state index is 0.568. The van der Waals surface area contributed by atoms with Gasteiger partial charge in [-0.25, -0.2) is 0 Å². The lowest BCUT2D eigenvalue weighted by molar-refractivity contribution is 0.369. The molecule has 2 atom stereocenters. The van der Waals surface area contributed by atoms with Crippen molar-refractivity contribution in [2.75, 3.05) is 18.0 Å². The van der Waals surface area contributed by atoms with Gasteiger partial charge < -0.3 is 10.2 Å². The molecular formula is C18H25N3. The summed E-state index contributed by atoms with van der Waals surface area (Å²) < 4.78 is 0. The van der Waals surface area contributed by atoms with Crippen molar-refractivity contribution in [3.05, 3.63) is 36.5 Å². The van der Waals surface area contributed by atoms with Gasteiger partial charge in [0, 0.05) is 35.9 Å². The van der Waals surface area contributed by atoms with Gasteiger partial charge in [0.25, 0.3) is 0 Å². The molecule has 21 heavy (non-hydrogen) atoms. The zero-order valence-electron chi connectivity index (χ0n) is 13.0. The van der Waals surface area contributed by atoms with Crippen LogP contribution in [0.1, 0.15) is 33.1 Å². The van der Waals surface area contributed by atoms with Crippen molar-refractivity contribution in [3.63, 3.8) is 0 Å². The van der Waals surface area contributed by atoms with E-state index in [1.54, 1.807) is 0 Å². The smallest absolute Gasteiger partial charge is 0.0722 e. The largest absolute Gasteiger partial charge is 0.368 e. The van der Waals surface area contributed by atoms with E-state index < -0.39 is 0 Å². The predicted octanol–water partition coefficient (Wildman–Crippen LogP) is 3.59. The second-order valence-corrected chi connectivity index (χ2v) is 6.07. The third-order valence-corrected chi connectivity index (χ3v) is 4.49. The van der Waals surface area contributed by atoms with E-state index in [9.17, 15) is 0 Å². The highest BCUT2D eigenvalue weighted by atomic mass is 15.2. The molecular weight excluding hydrogens is 258 g/mol. The lowest BCUT2D eigenvalue weighted by Crippen LogP contribution is -2.47. The normalized spacial score (nSPS) is 22.7. The number of hydrogen-bond donors (Lipinski definition) is 1. The molecule has 2 aromatic rings. The van der Waals surface area contributed by atoms with Crippen LogP contribution in [0.4, 0.5) is 5.69 Å². The Morgan fingerprint density at radius 1 is 1.29 bits per heavy atom. The molecule has 3 nitrogen and oxygen atoms in total. The lowest BCUT2D eigenvalue weighted by Gasteiger charge is -2.40. The van der Waals surface area contributed by atoms with Gasteiger partial charge in [-0.2, -0.15) is 0 Å². The fourth-order valence-electron chi connectivity index (χ4n) is 3.40. The van der Waals surface area contributed by atoms with Crippen LogP contribution in [0.5, 0.6) is 0 Å². The van der Waals surface area contributed by atoms with Crippen molar-refractivity contribution in [2.45, 2.75) is 45.2 Å². The highest BCUT2D eigenvalue weighted by Gasteiger charge is 2.26. The molecule has 0 radical (unpaired) electrons. The van der Waals surface area contributed by atoms with E-state index in [0.717, 1.165) is 18.6 Å². The SMILES string of the molecule is CCCNC1CCN(c2cccc3ncccc23)C(C)C1. The van der Waals surface area contributed by atoms with Gasteiger partial charge in [0.05, 0.1) is 5.52 Å². The molecule has 1 aliphatic heterocycles. The van der Waals surface area contributed by atoms with E-state index >= 15 is 0 Å². The maximum absolute atomic E-state index is 4.48. The first kappa shape index (κ1) is 14.3. The summed E-state index contributed by atoms with van der Waals surface area (Å²) in [5, 5.41) is 4.94. The fourth-order valence-corrected chi connectivity index (χ4v) is 3.40. The van der Waals surface area contributed by atoms with Crippen molar-refractivity contribution < 1.29 is 0 Å². The molecule has 1 N–H and O–H groups in total. The van der Waals surface area contributed by atoms with Crippen LogP contribution in [-0.2, 0) is 0 Å². The number of benzene rings is 1. The molecule has 3 heteroatoms. The second-order valence-electron chi connectivity index (χ2n) is 6.07. The van der Waals surface area contributed by atoms with Gasteiger partial charge in [0.2, 0.25) is 0 Å². The van der Waals surface area contributed by atoms with Crippen molar-refractivity contribution in [1.29, 1.82) is 0 Å². The Kier molecular flexibility index (Phi) is 4.39. The Balaban J connectivity index is 1.80. The van der Waals surface area contributed by atoms with Crippen LogP contribution in [0.2, 0.25) is 0 Å². The van der Waals surface area contributed by atoms with E-state index in [1.165, 1.54) is 30.3 Å². The van der Waals surface area contributed by atoms with E-state index in [0.29, 0.717) is 12.1 Å². The first-order valence-electron chi connectivity index (χ1n) is 8.13. The second kappa shape index (κ2) is 6.44. The zero-order chi connectivity index (χ0) is 14.7. The van der Waals surface area contributed by atoms with Gasteiger partial charge in [-0.3, -0.25) is 4.98 Å². The summed E-state index contributed by atoms with van der Waals surface area (Å²) >= 11 is 0. The Morgan fingerprint density at radius 2 is 2.19 bits per heavy atom. The first-order valence-corrected chi connectivity index (χ1v) is 8.13. The fraction of sp³-hybridized carbons (Fsp3) is 0.500. The van der Waals surface area contributed by atoms with Crippen LogP contribution in [0.3, 0.4) is 0 Å². The van der Waals surface area contributed by atoms with E-state index in [2.05, 4.69) is 53.3 Å². The highest BCUT2D eigenvalue weighted by Crippen LogP contribution is 2.30. The molecule has 0 aliphatic carbocycles. The molecule has 0 bridgehead atoms. The number of anilines is 1. The van der Waals surface area contributed by atoms with Crippen molar-refractivity contribution in [3.8, 4) is 0 Å². The Hall–Kier alpha value is -1.61. The minimum atomic E-state index is 0.568. The van der Waals surface area contributed by atoms with Crippen molar-refractivity contribution in [1.82, 2.24) is 10.3 Å². The summed E-state index contributed by atoms with van der Waals surface area (Å²) in [6.07, 6.45) is 5.53. The molecule has 1 aromatic carbocycles. The minimum Gasteiger partial charge on any atom is -0.368 e. The molecule has 1 fully saturated rings. The maximum atomic E-state index is 4.48. The summed E-state index contributed by atoms with van der Waals surface area (Å²) in [5.41, 5.74) is 2.43. The number of nitrogens with one attached hydrogen (secondary N) is 1. The lowest BCUT2D eigenvalue weighted by atomic mass is 9.96. The summed E-state index contributed by atoms with van der Waals surface area (Å²) in [6, 6.07) is 11.9. The molecule has 1 aliphatic rings. The van der Waals surface area contributed by atoms with Crippen molar-refractivity contribution in [2.24, 2.45) is 0 Å². The van der Waals surface area contributed by atoms with Crippen molar-refractivity contribution >= 4 is 16.6 Å². The number of rotatable bonds is 4. The van der Waals surface area contributed by atoms with Gasteiger partial charge >= 0.3 is 0 Å². The molecule has 0 saturated carbocycles. The van der Waals surface area contributed by atoms with E-state index in [1.807, 2.05) is 12.3 Å². The zero-order valence-corrected chi connectivity index (χ0v) is 13.0. The average Bonchev–Trinajstić information content (AvgIpc) is 2.53. The molecule has 0 spiro atoms. The molecule has 1 aromatic heterocycles. The monoisotopic (exact) mass is 283 g/mol. The standard InChI is InChI=1S/C18H25N3/c1-3-10-19-15-9-12-21(14(2)13-15)18-8-4-7-17-16(18)6-5-11-20-17/h4-8,11,14-15,19H,3,9-10,12-13H2,1-2H3. The molecule has 1 saturated heterocycles. The summed E-state index contributed by atoms with van der Waals surface area (Å²) in [4.78, 5) is 7.03. The molecule has 3 rings (SSSR count). The maximum Gasteiger partial charge on any atom is 0.0722 e. The van der Waals surface area contributed by atoms with Crippen LogP contribution in [0.15, 0.2) is 36.5 Å². The van der Waals surface area contributed by atoms with Crippen LogP contribution in [0, 0.1) is 0 Å². The number of piperidine rings is 1. The summed E-state index contributed by atoms with van der Waals surface area (Å²) in [5.74, 6) is 0. The van der Waals surface area contributed by atoms with Gasteiger partial charge in [-0.1, -0.05) is 13.0 Å². The van der Waals surface area contributed by atoms with Crippen LogP contribution in [0.25, 0.3) is 10.9 Å². The molecule has 2 heterocycles. The summed E-state index contributed by atoms with van der Waals surface area (Å²) in [7, 11) is 0. The third-order valence-electron chi connectivity index (χ3n) is 4.49.